The molecular weight excluding hydrogens is 424 g/mol. The minimum absolute atomic E-state index is 0.00457. The molecule has 0 spiro atoms. The number of anilines is 1. The summed E-state index contributed by atoms with van der Waals surface area (Å²) in [5.74, 6) is 0.785. The van der Waals surface area contributed by atoms with E-state index in [2.05, 4.69) is 48.9 Å². The fourth-order valence-electron chi connectivity index (χ4n) is 5.31. The van der Waals surface area contributed by atoms with E-state index in [1.165, 1.54) is 17.6 Å². The van der Waals surface area contributed by atoms with Gasteiger partial charge in [-0.05, 0) is 74.1 Å². The van der Waals surface area contributed by atoms with E-state index in [9.17, 15) is 9.90 Å². The maximum absolute atomic E-state index is 13.3. The number of aryl methyl sites for hydroxylation is 1. The van der Waals surface area contributed by atoms with E-state index >= 15 is 0 Å². The second-order valence-corrected chi connectivity index (χ2v) is 11.3. The van der Waals surface area contributed by atoms with Crippen molar-refractivity contribution in [2.45, 2.75) is 70.8 Å². The van der Waals surface area contributed by atoms with Crippen molar-refractivity contribution in [3.8, 4) is 5.75 Å². The number of aromatic nitrogens is 1. The minimum atomic E-state index is -0.538. The van der Waals surface area contributed by atoms with Crippen LogP contribution in [0, 0.1) is 12.8 Å². The lowest BCUT2D eigenvalue weighted by molar-refractivity contribution is -0.118. The van der Waals surface area contributed by atoms with E-state index in [0.717, 1.165) is 61.2 Å². The van der Waals surface area contributed by atoms with Crippen LogP contribution in [0.15, 0.2) is 42.5 Å². The van der Waals surface area contributed by atoms with Gasteiger partial charge in [-0.3, -0.25) is 4.79 Å². The fourth-order valence-corrected chi connectivity index (χ4v) is 5.31. The molecule has 3 aromatic rings. The van der Waals surface area contributed by atoms with Crippen molar-refractivity contribution < 1.29 is 14.6 Å². The molecule has 5 nitrogen and oxygen atoms in total. The number of nitrogens with zero attached hydrogens (tertiary/aromatic N) is 1. The van der Waals surface area contributed by atoms with Gasteiger partial charge in [-0.25, -0.2) is 0 Å². The Morgan fingerprint density at radius 3 is 2.62 bits per heavy atom. The maximum Gasteiger partial charge on any atom is 0.235 e. The van der Waals surface area contributed by atoms with Gasteiger partial charge in [0.05, 0.1) is 12.0 Å². The lowest BCUT2D eigenvalue weighted by Gasteiger charge is -2.27. The van der Waals surface area contributed by atoms with Gasteiger partial charge in [0, 0.05) is 46.8 Å². The van der Waals surface area contributed by atoms with Crippen molar-refractivity contribution in [3.05, 3.63) is 59.3 Å². The highest BCUT2D eigenvalue weighted by molar-refractivity contribution is 6.02. The smallest absolute Gasteiger partial charge is 0.235 e. The summed E-state index contributed by atoms with van der Waals surface area (Å²) < 4.78 is 8.20. The predicted octanol–water partition coefficient (Wildman–Crippen LogP) is 6.05. The highest BCUT2D eigenvalue weighted by Gasteiger charge is 2.51. The standard InChI is InChI=1S/C29H36N2O3/c1-19-7-8-22(16-25(19)32)29(11-12-29)27(33)30-23-9-10-24-21(14-23)15-26(28(2,3)4)31(24)17-20-6-5-13-34-18-20/h7-10,14-16,20,32H,5-6,11-13,17-18H2,1-4H3,(H,30,33). The molecule has 1 aliphatic heterocycles. The van der Waals surface area contributed by atoms with Crippen LogP contribution < -0.4 is 5.32 Å². The number of hydrogen-bond donors (Lipinski definition) is 2. The largest absolute Gasteiger partial charge is 0.508 e. The molecule has 2 aliphatic rings. The number of ether oxygens (including phenoxy) is 1. The maximum atomic E-state index is 13.3. The van der Waals surface area contributed by atoms with Crippen LogP contribution >= 0.6 is 0 Å². The molecule has 0 bridgehead atoms. The molecular formula is C29H36N2O3. The van der Waals surface area contributed by atoms with Gasteiger partial charge in [0.15, 0.2) is 0 Å². The Kier molecular flexibility index (Phi) is 5.71. The molecule has 1 aromatic heterocycles. The van der Waals surface area contributed by atoms with Crippen molar-refractivity contribution in [2.24, 2.45) is 5.92 Å². The first-order valence-electron chi connectivity index (χ1n) is 12.5. The molecule has 0 radical (unpaired) electrons. The molecule has 2 fully saturated rings. The van der Waals surface area contributed by atoms with Crippen LogP contribution in [0.1, 0.15) is 63.3 Å². The van der Waals surface area contributed by atoms with Gasteiger partial charge in [0.1, 0.15) is 5.75 Å². The second-order valence-electron chi connectivity index (χ2n) is 11.3. The first kappa shape index (κ1) is 23.0. The lowest BCUT2D eigenvalue weighted by Crippen LogP contribution is -2.27. The van der Waals surface area contributed by atoms with Crippen LogP contribution in [0.3, 0.4) is 0 Å². The highest BCUT2D eigenvalue weighted by atomic mass is 16.5. The number of amides is 1. The third-order valence-corrected chi connectivity index (χ3v) is 7.57. The number of hydrogen-bond acceptors (Lipinski definition) is 3. The number of nitrogens with one attached hydrogen (secondary N) is 1. The van der Waals surface area contributed by atoms with Gasteiger partial charge in [0.25, 0.3) is 0 Å². The number of carbonyl (C=O) groups excluding carboxylic acids is 1. The van der Waals surface area contributed by atoms with Gasteiger partial charge in [0.2, 0.25) is 5.91 Å². The van der Waals surface area contributed by atoms with E-state index < -0.39 is 5.41 Å². The van der Waals surface area contributed by atoms with Crippen LogP contribution in [0.2, 0.25) is 0 Å². The second kappa shape index (κ2) is 8.46. The molecule has 1 aliphatic carbocycles. The zero-order valence-electron chi connectivity index (χ0n) is 20.8. The molecule has 1 atom stereocenters. The number of fused-ring (bicyclic) bond motifs is 1. The van der Waals surface area contributed by atoms with Gasteiger partial charge >= 0.3 is 0 Å². The average molecular weight is 461 g/mol. The Balaban J connectivity index is 1.42. The van der Waals surface area contributed by atoms with Crippen molar-refractivity contribution in [2.75, 3.05) is 18.5 Å². The van der Waals surface area contributed by atoms with E-state index in [1.54, 1.807) is 6.07 Å². The molecule has 5 rings (SSSR count). The molecule has 1 saturated carbocycles. The van der Waals surface area contributed by atoms with Crippen molar-refractivity contribution in [1.29, 1.82) is 0 Å². The lowest BCUT2D eigenvalue weighted by atomic mass is 9.91. The molecule has 2 N–H and O–H groups in total. The third kappa shape index (κ3) is 4.22. The van der Waals surface area contributed by atoms with Crippen LogP contribution in [-0.2, 0) is 26.9 Å². The molecule has 1 unspecified atom stereocenters. The molecule has 2 aromatic carbocycles. The normalized spacial score (nSPS) is 19.8. The van der Waals surface area contributed by atoms with Crippen molar-refractivity contribution in [3.63, 3.8) is 0 Å². The number of rotatable bonds is 5. The van der Waals surface area contributed by atoms with Crippen LogP contribution in [0.4, 0.5) is 5.69 Å². The summed E-state index contributed by atoms with van der Waals surface area (Å²) in [6.07, 6.45) is 3.94. The monoisotopic (exact) mass is 460 g/mol. The van der Waals surface area contributed by atoms with Gasteiger partial charge in [-0.2, -0.15) is 0 Å². The fraction of sp³-hybridized carbons (Fsp3) is 0.483. The zero-order valence-corrected chi connectivity index (χ0v) is 20.8. The zero-order chi connectivity index (χ0) is 24.1. The number of aromatic hydroxyl groups is 1. The third-order valence-electron chi connectivity index (χ3n) is 7.57. The Morgan fingerprint density at radius 2 is 1.97 bits per heavy atom. The van der Waals surface area contributed by atoms with Crippen LogP contribution in [0.5, 0.6) is 5.75 Å². The molecule has 5 heteroatoms. The summed E-state index contributed by atoms with van der Waals surface area (Å²) in [5.41, 5.74) is 4.53. The first-order chi connectivity index (χ1) is 16.2. The number of carbonyl (C=O) groups is 1. The summed E-state index contributed by atoms with van der Waals surface area (Å²) in [5, 5.41) is 14.5. The molecule has 1 saturated heterocycles. The minimum Gasteiger partial charge on any atom is -0.508 e. The number of phenols is 1. The van der Waals surface area contributed by atoms with E-state index in [-0.39, 0.29) is 17.1 Å². The van der Waals surface area contributed by atoms with Gasteiger partial charge < -0.3 is 19.7 Å². The van der Waals surface area contributed by atoms with Crippen LogP contribution in [0.25, 0.3) is 10.9 Å². The Morgan fingerprint density at radius 1 is 1.18 bits per heavy atom. The summed E-state index contributed by atoms with van der Waals surface area (Å²) >= 11 is 0. The summed E-state index contributed by atoms with van der Waals surface area (Å²) in [6, 6.07) is 14.1. The van der Waals surface area contributed by atoms with Gasteiger partial charge in [-0.15, -0.1) is 0 Å². The topological polar surface area (TPSA) is 63.5 Å². The van der Waals surface area contributed by atoms with E-state index in [0.29, 0.717) is 5.92 Å². The van der Waals surface area contributed by atoms with Gasteiger partial charge in [-0.1, -0.05) is 32.9 Å². The molecule has 1 amide bonds. The SMILES string of the molecule is Cc1ccc(C2(C(=O)Nc3ccc4c(c3)cc(C(C)(C)C)n4CC3CCCOC3)CC2)cc1O. The van der Waals surface area contributed by atoms with E-state index in [4.69, 9.17) is 4.74 Å². The Labute approximate surface area is 202 Å². The molecule has 180 valence electrons. The average Bonchev–Trinajstić information content (AvgIpc) is 3.53. The number of benzene rings is 2. The van der Waals surface area contributed by atoms with Crippen molar-refractivity contribution >= 4 is 22.5 Å². The summed E-state index contributed by atoms with van der Waals surface area (Å²) in [7, 11) is 0. The predicted molar refractivity (Wildman–Crippen MR) is 137 cm³/mol. The number of phenolic OH excluding ortho intramolecular Hbond substituents is 1. The molecule has 2 heterocycles. The van der Waals surface area contributed by atoms with E-state index in [1.807, 2.05) is 25.1 Å². The van der Waals surface area contributed by atoms with Crippen LogP contribution in [-0.4, -0.2) is 28.8 Å². The molecule has 34 heavy (non-hydrogen) atoms. The Hall–Kier alpha value is -2.79. The highest BCUT2D eigenvalue weighted by Crippen LogP contribution is 2.50. The Bertz CT molecular complexity index is 1220. The van der Waals surface area contributed by atoms with Crippen molar-refractivity contribution in [1.82, 2.24) is 4.57 Å². The summed E-state index contributed by atoms with van der Waals surface area (Å²) in [4.78, 5) is 13.3. The quantitative estimate of drug-likeness (QED) is 0.487. The first-order valence-corrected chi connectivity index (χ1v) is 12.5. The summed E-state index contributed by atoms with van der Waals surface area (Å²) in [6.45, 7) is 11.3.